The van der Waals surface area contributed by atoms with E-state index < -0.39 is 17.0 Å². The van der Waals surface area contributed by atoms with Crippen LogP contribution in [0.4, 0.5) is 18.4 Å². The standard InChI is InChI=1S/C18H23FN2O4.C17H21FN2O3/c1-18(2,3)24-17(22)21-9-7-11(8-10-21)14-12-5-6-13(19)16(23-4)15(12)25-20-14;1-17(2,3)22-16(21)20-8-6-11(7-9-20)15-13-5-4-12(18)10-14(13)23-19-15/h5-6,11H,7-10H2,1-4H3;4-5,10-11H,6-9H2,1-3H3. The fourth-order valence-electron chi connectivity index (χ4n) is 6.01. The van der Waals surface area contributed by atoms with Crippen molar-refractivity contribution in [2.75, 3.05) is 33.3 Å². The van der Waals surface area contributed by atoms with Crippen LogP contribution in [0.3, 0.4) is 0 Å². The first-order chi connectivity index (χ1) is 22.6. The number of nitrogens with zero attached hydrogens (tertiary/aromatic N) is 4. The number of hydrogen-bond acceptors (Lipinski definition) is 9. The molecule has 0 radical (unpaired) electrons. The van der Waals surface area contributed by atoms with Gasteiger partial charge in [-0.1, -0.05) is 10.3 Å². The lowest BCUT2D eigenvalue weighted by atomic mass is 9.92. The Hall–Kier alpha value is -4.42. The second kappa shape index (κ2) is 14.0. The molecule has 0 bridgehead atoms. The summed E-state index contributed by atoms with van der Waals surface area (Å²) in [7, 11) is 1.40. The molecule has 2 fully saturated rings. The number of methoxy groups -OCH3 is 1. The van der Waals surface area contributed by atoms with E-state index in [4.69, 9.17) is 23.3 Å². The average molecular weight is 671 g/mol. The molecular weight excluding hydrogens is 626 g/mol. The van der Waals surface area contributed by atoms with Gasteiger partial charge in [0, 0.05) is 54.9 Å². The Labute approximate surface area is 278 Å². The molecule has 11 nitrogen and oxygen atoms in total. The summed E-state index contributed by atoms with van der Waals surface area (Å²) in [6.45, 7) is 13.6. The van der Waals surface area contributed by atoms with Crippen molar-refractivity contribution in [3.05, 3.63) is 53.4 Å². The monoisotopic (exact) mass is 670 g/mol. The van der Waals surface area contributed by atoms with Crippen LogP contribution < -0.4 is 4.74 Å². The van der Waals surface area contributed by atoms with E-state index in [9.17, 15) is 18.4 Å². The maximum absolute atomic E-state index is 13.8. The van der Waals surface area contributed by atoms with Crippen molar-refractivity contribution in [2.45, 2.75) is 90.3 Å². The summed E-state index contributed by atoms with van der Waals surface area (Å²) in [6.07, 6.45) is 2.51. The van der Waals surface area contributed by atoms with Gasteiger partial charge in [0.25, 0.3) is 0 Å². The number of hydrogen-bond donors (Lipinski definition) is 0. The quantitative estimate of drug-likeness (QED) is 0.213. The van der Waals surface area contributed by atoms with Crippen molar-refractivity contribution in [1.29, 1.82) is 0 Å². The number of carbonyl (C=O) groups excluding carboxylic acids is 2. The smallest absolute Gasteiger partial charge is 0.410 e. The van der Waals surface area contributed by atoms with Gasteiger partial charge < -0.3 is 33.1 Å². The van der Waals surface area contributed by atoms with Crippen LogP contribution in [-0.2, 0) is 9.47 Å². The van der Waals surface area contributed by atoms with Crippen LogP contribution in [0.25, 0.3) is 21.9 Å². The number of likely N-dealkylation sites (tertiary alicyclic amines) is 2. The Kier molecular flexibility index (Phi) is 10.2. The molecule has 0 spiro atoms. The molecule has 4 aromatic rings. The maximum atomic E-state index is 13.8. The first kappa shape index (κ1) is 34.9. The number of halogens is 2. The zero-order chi connectivity index (χ0) is 34.8. The van der Waals surface area contributed by atoms with E-state index in [0.717, 1.165) is 47.8 Å². The average Bonchev–Trinajstić information content (AvgIpc) is 3.64. The number of fused-ring (bicyclic) bond motifs is 2. The van der Waals surface area contributed by atoms with Crippen LogP contribution in [0.15, 0.2) is 39.4 Å². The van der Waals surface area contributed by atoms with E-state index in [1.165, 1.54) is 25.3 Å². The van der Waals surface area contributed by atoms with Crippen molar-refractivity contribution in [2.24, 2.45) is 0 Å². The van der Waals surface area contributed by atoms with Gasteiger partial charge >= 0.3 is 12.2 Å². The lowest BCUT2D eigenvalue weighted by molar-refractivity contribution is 0.0193. The van der Waals surface area contributed by atoms with Gasteiger partial charge in [0.15, 0.2) is 11.4 Å². The Morgan fingerprint density at radius 2 is 1.23 bits per heavy atom. The van der Waals surface area contributed by atoms with E-state index in [-0.39, 0.29) is 35.6 Å². The first-order valence-corrected chi connectivity index (χ1v) is 16.3. The van der Waals surface area contributed by atoms with Crippen molar-refractivity contribution < 1.29 is 41.6 Å². The number of ether oxygens (including phenoxy) is 3. The van der Waals surface area contributed by atoms with Gasteiger partial charge in [-0.15, -0.1) is 0 Å². The number of piperidine rings is 2. The fourth-order valence-corrected chi connectivity index (χ4v) is 6.01. The van der Waals surface area contributed by atoms with Gasteiger partial charge in [-0.05, 0) is 91.5 Å². The van der Waals surface area contributed by atoms with Gasteiger partial charge in [-0.25, -0.2) is 18.4 Å². The Morgan fingerprint density at radius 1 is 0.750 bits per heavy atom. The minimum Gasteiger partial charge on any atom is -0.490 e. The largest absolute Gasteiger partial charge is 0.490 e. The molecule has 4 heterocycles. The zero-order valence-electron chi connectivity index (χ0n) is 28.6. The highest BCUT2D eigenvalue weighted by atomic mass is 19.1. The van der Waals surface area contributed by atoms with Crippen LogP contribution in [0.2, 0.25) is 0 Å². The van der Waals surface area contributed by atoms with Crippen molar-refractivity contribution in [3.8, 4) is 5.75 Å². The van der Waals surface area contributed by atoms with Crippen molar-refractivity contribution >= 4 is 34.1 Å². The molecule has 0 N–H and O–H groups in total. The number of amides is 2. The highest BCUT2D eigenvalue weighted by Gasteiger charge is 2.32. The fraction of sp³-hybridized carbons (Fsp3) is 0.543. The Bertz CT molecular complexity index is 1740. The minimum absolute atomic E-state index is 0.0717. The molecule has 6 rings (SSSR count). The molecule has 0 saturated carbocycles. The van der Waals surface area contributed by atoms with Crippen LogP contribution >= 0.6 is 0 Å². The van der Waals surface area contributed by atoms with E-state index in [0.29, 0.717) is 37.3 Å². The van der Waals surface area contributed by atoms with E-state index in [1.54, 1.807) is 21.9 Å². The molecule has 13 heteroatoms. The summed E-state index contributed by atoms with van der Waals surface area (Å²) in [5.41, 5.74) is 1.44. The van der Waals surface area contributed by atoms with Gasteiger partial charge in [0.1, 0.15) is 17.0 Å². The highest BCUT2D eigenvalue weighted by molar-refractivity contribution is 5.85. The van der Waals surface area contributed by atoms with Crippen LogP contribution in [0.5, 0.6) is 5.75 Å². The molecule has 48 heavy (non-hydrogen) atoms. The molecule has 0 unspecified atom stereocenters. The first-order valence-electron chi connectivity index (χ1n) is 16.3. The predicted octanol–water partition coefficient (Wildman–Crippen LogP) is 8.17. The summed E-state index contributed by atoms with van der Waals surface area (Å²) in [5.74, 6) is -0.379. The molecule has 2 aliphatic heterocycles. The third kappa shape index (κ3) is 8.16. The molecule has 2 aromatic carbocycles. The summed E-state index contributed by atoms with van der Waals surface area (Å²) in [5, 5.41) is 9.86. The van der Waals surface area contributed by atoms with Crippen LogP contribution in [0, 0.1) is 11.6 Å². The second-order valence-electron chi connectivity index (χ2n) is 14.2. The van der Waals surface area contributed by atoms with Gasteiger partial charge in [-0.2, -0.15) is 0 Å². The molecule has 2 aliphatic rings. The van der Waals surface area contributed by atoms with Crippen molar-refractivity contribution in [1.82, 2.24) is 20.1 Å². The number of aromatic nitrogens is 2. The highest BCUT2D eigenvalue weighted by Crippen LogP contribution is 2.37. The van der Waals surface area contributed by atoms with E-state index in [2.05, 4.69) is 10.3 Å². The lowest BCUT2D eigenvalue weighted by Crippen LogP contribution is -2.41. The van der Waals surface area contributed by atoms with Crippen molar-refractivity contribution in [3.63, 3.8) is 0 Å². The summed E-state index contributed by atoms with van der Waals surface area (Å²) in [6, 6.07) is 7.49. The Balaban J connectivity index is 0.000000188. The molecule has 0 atom stereocenters. The van der Waals surface area contributed by atoms with E-state index >= 15 is 0 Å². The van der Waals surface area contributed by atoms with E-state index in [1.807, 2.05) is 41.5 Å². The predicted molar refractivity (Wildman–Crippen MR) is 174 cm³/mol. The van der Waals surface area contributed by atoms with Gasteiger partial charge in [-0.3, -0.25) is 0 Å². The molecule has 260 valence electrons. The molecule has 2 amide bonds. The normalized spacial score (nSPS) is 16.5. The molecule has 0 aliphatic carbocycles. The SMILES string of the molecule is CC(C)(C)OC(=O)N1CCC(c2noc3cc(F)ccc23)CC1.COc1c(F)ccc2c(C3CCN(C(=O)OC(C)(C)C)CC3)noc12. The molecular formula is C35H44F2N4O7. The van der Waals surface area contributed by atoms with Gasteiger partial charge in [0.2, 0.25) is 11.3 Å². The third-order valence-corrected chi connectivity index (χ3v) is 8.31. The molecule has 2 saturated heterocycles. The minimum atomic E-state index is -0.503. The summed E-state index contributed by atoms with van der Waals surface area (Å²) in [4.78, 5) is 27.7. The van der Waals surface area contributed by atoms with Crippen LogP contribution in [0.1, 0.15) is 90.4 Å². The zero-order valence-corrected chi connectivity index (χ0v) is 28.6. The van der Waals surface area contributed by atoms with Crippen LogP contribution in [-0.4, -0.2) is 76.8 Å². The number of rotatable bonds is 3. The number of benzene rings is 2. The van der Waals surface area contributed by atoms with Gasteiger partial charge in [0.05, 0.1) is 18.5 Å². The second-order valence-corrected chi connectivity index (χ2v) is 14.2. The summed E-state index contributed by atoms with van der Waals surface area (Å²) >= 11 is 0. The molecule has 2 aromatic heterocycles. The lowest BCUT2D eigenvalue weighted by Gasteiger charge is -2.32. The number of carbonyl (C=O) groups is 2. The topological polar surface area (TPSA) is 120 Å². The third-order valence-electron chi connectivity index (χ3n) is 8.31. The summed E-state index contributed by atoms with van der Waals surface area (Å²) < 4.78 is 53.4. The maximum Gasteiger partial charge on any atom is 0.410 e. The Morgan fingerprint density at radius 3 is 1.73 bits per heavy atom.